The van der Waals surface area contributed by atoms with Crippen LogP contribution in [-0.4, -0.2) is 49.0 Å². The van der Waals surface area contributed by atoms with E-state index in [2.05, 4.69) is 6.92 Å². The summed E-state index contributed by atoms with van der Waals surface area (Å²) in [6.45, 7) is 3.69. The van der Waals surface area contributed by atoms with Gasteiger partial charge in [0, 0.05) is 6.61 Å². The minimum Gasteiger partial charge on any atom is -0.394 e. The zero-order valence-corrected chi connectivity index (χ0v) is 24.3. The van der Waals surface area contributed by atoms with Crippen molar-refractivity contribution >= 4 is 0 Å². The van der Waals surface area contributed by atoms with E-state index >= 15 is 0 Å². The third-order valence-electron chi connectivity index (χ3n) is 7.41. The maximum absolute atomic E-state index is 10.4. The van der Waals surface area contributed by atoms with E-state index < -0.39 is 30.7 Å². The van der Waals surface area contributed by atoms with Crippen LogP contribution in [0.15, 0.2) is 91.0 Å². The number of rotatable bonds is 18. The average Bonchev–Trinajstić information content (AvgIpc) is 3.03. The van der Waals surface area contributed by atoms with E-state index in [1.807, 2.05) is 91.0 Å². The fraction of sp³-hybridized carbons (Fsp3) is 0.486. The number of hydrogen-bond acceptors (Lipinski definition) is 6. The van der Waals surface area contributed by atoms with Crippen molar-refractivity contribution in [3.8, 4) is 0 Å². The molecule has 1 N–H and O–H groups in total. The zero-order chi connectivity index (χ0) is 28.5. The molecule has 1 aliphatic heterocycles. The second kappa shape index (κ2) is 18.1. The highest BCUT2D eigenvalue weighted by atomic mass is 16.7. The van der Waals surface area contributed by atoms with Crippen molar-refractivity contribution in [2.75, 3.05) is 13.2 Å². The van der Waals surface area contributed by atoms with Crippen LogP contribution in [0.3, 0.4) is 0 Å². The Hall–Kier alpha value is -2.58. The van der Waals surface area contributed by atoms with Crippen molar-refractivity contribution in [2.45, 2.75) is 96.0 Å². The largest absolute Gasteiger partial charge is 0.394 e. The third kappa shape index (κ3) is 10.3. The number of benzene rings is 3. The first kappa shape index (κ1) is 31.4. The molecule has 3 aromatic rings. The maximum Gasteiger partial charge on any atom is 0.186 e. The second-order valence-corrected chi connectivity index (χ2v) is 10.6. The molecule has 41 heavy (non-hydrogen) atoms. The third-order valence-corrected chi connectivity index (χ3v) is 7.41. The number of unbranched alkanes of at least 4 members (excludes halogenated alkanes) is 5. The molecule has 1 fully saturated rings. The number of aliphatic hydroxyl groups is 1. The average molecular weight is 563 g/mol. The van der Waals surface area contributed by atoms with Crippen molar-refractivity contribution in [2.24, 2.45) is 0 Å². The first-order chi connectivity index (χ1) is 20.3. The fourth-order valence-electron chi connectivity index (χ4n) is 5.11. The number of ether oxygens (including phenoxy) is 5. The van der Waals surface area contributed by atoms with E-state index in [9.17, 15) is 5.11 Å². The molecule has 6 nitrogen and oxygen atoms in total. The Labute approximate surface area is 245 Å². The van der Waals surface area contributed by atoms with Crippen LogP contribution in [0.4, 0.5) is 0 Å². The molecular formula is C35H46O6. The normalized spacial score (nSPS) is 22.5. The van der Waals surface area contributed by atoms with Gasteiger partial charge in [-0.15, -0.1) is 0 Å². The van der Waals surface area contributed by atoms with Crippen molar-refractivity contribution < 1.29 is 28.8 Å². The van der Waals surface area contributed by atoms with Crippen molar-refractivity contribution in [1.29, 1.82) is 0 Å². The molecule has 0 aromatic heterocycles. The summed E-state index contributed by atoms with van der Waals surface area (Å²) in [5.74, 6) is 0. The van der Waals surface area contributed by atoms with Gasteiger partial charge in [0.1, 0.15) is 24.4 Å². The van der Waals surface area contributed by atoms with Crippen LogP contribution in [0.5, 0.6) is 0 Å². The highest BCUT2D eigenvalue weighted by Crippen LogP contribution is 2.31. The lowest BCUT2D eigenvalue weighted by molar-refractivity contribution is -0.326. The topological polar surface area (TPSA) is 66.4 Å². The van der Waals surface area contributed by atoms with E-state index in [-0.39, 0.29) is 6.61 Å². The van der Waals surface area contributed by atoms with Gasteiger partial charge < -0.3 is 28.8 Å². The SMILES string of the molecule is CCCCCCCCO[C@H]1O[C@H](CO)[C@@H](OCc2ccccc2)[C@H](OCc2ccccc2)[C@H]1OCc1ccccc1. The van der Waals surface area contributed by atoms with Gasteiger partial charge in [-0.05, 0) is 23.1 Å². The summed E-state index contributed by atoms with van der Waals surface area (Å²) >= 11 is 0. The first-order valence-corrected chi connectivity index (χ1v) is 15.1. The molecule has 1 heterocycles. The summed E-state index contributed by atoms with van der Waals surface area (Å²) in [5, 5.41) is 10.4. The smallest absolute Gasteiger partial charge is 0.186 e. The van der Waals surface area contributed by atoms with Gasteiger partial charge in [-0.2, -0.15) is 0 Å². The molecule has 0 amide bonds. The first-order valence-electron chi connectivity index (χ1n) is 15.1. The molecular weight excluding hydrogens is 516 g/mol. The molecule has 222 valence electrons. The second-order valence-electron chi connectivity index (χ2n) is 10.6. The Balaban J connectivity index is 1.52. The predicted octanol–water partition coefficient (Wildman–Crippen LogP) is 6.84. The minimum atomic E-state index is -0.691. The van der Waals surface area contributed by atoms with E-state index in [1.54, 1.807) is 0 Å². The van der Waals surface area contributed by atoms with Gasteiger partial charge in [-0.1, -0.05) is 130 Å². The maximum atomic E-state index is 10.4. The number of aliphatic hydroxyl groups excluding tert-OH is 1. The van der Waals surface area contributed by atoms with E-state index in [1.165, 1.54) is 25.7 Å². The lowest BCUT2D eigenvalue weighted by Gasteiger charge is -2.45. The van der Waals surface area contributed by atoms with Crippen LogP contribution in [0.1, 0.15) is 62.1 Å². The summed E-state index contributed by atoms with van der Waals surface area (Å²) in [4.78, 5) is 0. The number of hydrogen-bond donors (Lipinski definition) is 1. The monoisotopic (exact) mass is 562 g/mol. The van der Waals surface area contributed by atoms with E-state index in [4.69, 9.17) is 23.7 Å². The molecule has 6 heteroatoms. The molecule has 0 unspecified atom stereocenters. The summed E-state index contributed by atoms with van der Waals surface area (Å²) in [7, 11) is 0. The van der Waals surface area contributed by atoms with Gasteiger partial charge in [-0.25, -0.2) is 0 Å². The highest BCUT2D eigenvalue weighted by molar-refractivity contribution is 5.15. The molecule has 0 bridgehead atoms. The van der Waals surface area contributed by atoms with Gasteiger partial charge >= 0.3 is 0 Å². The fourth-order valence-corrected chi connectivity index (χ4v) is 5.11. The predicted molar refractivity (Wildman–Crippen MR) is 160 cm³/mol. The van der Waals surface area contributed by atoms with Crippen LogP contribution >= 0.6 is 0 Å². The molecule has 0 spiro atoms. The van der Waals surface area contributed by atoms with Gasteiger partial charge in [0.15, 0.2) is 6.29 Å². The summed E-state index contributed by atoms with van der Waals surface area (Å²) in [6.07, 6.45) is 4.07. The molecule has 0 radical (unpaired) electrons. The lowest BCUT2D eigenvalue weighted by atomic mass is 9.98. The lowest BCUT2D eigenvalue weighted by Crippen LogP contribution is -2.61. The van der Waals surface area contributed by atoms with E-state index in [0.29, 0.717) is 26.4 Å². The Bertz CT molecular complexity index is 1060. The van der Waals surface area contributed by atoms with Crippen LogP contribution < -0.4 is 0 Å². The Morgan fingerprint density at radius 3 is 1.54 bits per heavy atom. The molecule has 3 aromatic carbocycles. The van der Waals surface area contributed by atoms with Crippen molar-refractivity contribution in [1.82, 2.24) is 0 Å². The Kier molecular flexibility index (Phi) is 13.8. The van der Waals surface area contributed by atoms with Crippen LogP contribution in [0.2, 0.25) is 0 Å². The van der Waals surface area contributed by atoms with Gasteiger partial charge in [-0.3, -0.25) is 0 Å². The van der Waals surface area contributed by atoms with Gasteiger partial charge in [0.2, 0.25) is 0 Å². The summed E-state index contributed by atoms with van der Waals surface area (Å²) < 4.78 is 32.2. The van der Waals surface area contributed by atoms with Crippen molar-refractivity contribution in [3.63, 3.8) is 0 Å². The Morgan fingerprint density at radius 2 is 1.02 bits per heavy atom. The summed E-state index contributed by atoms with van der Waals surface area (Å²) in [5.41, 5.74) is 3.14. The van der Waals surface area contributed by atoms with Crippen LogP contribution in [0.25, 0.3) is 0 Å². The highest BCUT2D eigenvalue weighted by Gasteiger charge is 2.48. The minimum absolute atomic E-state index is 0.215. The quantitative estimate of drug-likeness (QED) is 0.171. The van der Waals surface area contributed by atoms with Gasteiger partial charge in [0.05, 0.1) is 26.4 Å². The summed E-state index contributed by atoms with van der Waals surface area (Å²) in [6, 6.07) is 30.1. The van der Waals surface area contributed by atoms with Crippen LogP contribution in [0, 0.1) is 0 Å². The molecule has 5 atom stereocenters. The molecule has 1 saturated heterocycles. The molecule has 0 saturated carbocycles. The zero-order valence-electron chi connectivity index (χ0n) is 24.3. The molecule has 0 aliphatic carbocycles. The van der Waals surface area contributed by atoms with Gasteiger partial charge in [0.25, 0.3) is 0 Å². The van der Waals surface area contributed by atoms with E-state index in [0.717, 1.165) is 29.5 Å². The standard InChI is InChI=1S/C35H46O6/c1-2-3-4-5-6-16-23-37-35-34(40-27-30-21-14-9-15-22-30)33(39-26-29-19-12-8-13-20-29)32(31(24-36)41-35)38-25-28-17-10-7-11-18-28/h7-15,17-22,31-36H,2-6,16,23-27H2,1H3/t31-,32-,33+,34-,35+/m1/s1. The van der Waals surface area contributed by atoms with Crippen LogP contribution in [-0.2, 0) is 43.5 Å². The molecule has 1 aliphatic rings. The molecule has 4 rings (SSSR count). The van der Waals surface area contributed by atoms with Crippen molar-refractivity contribution in [3.05, 3.63) is 108 Å². The Morgan fingerprint density at radius 1 is 0.561 bits per heavy atom.